The SMILES string of the molecule is CC(C)CN1CCC(c2cccnc2)CC1. The maximum atomic E-state index is 4.21. The summed E-state index contributed by atoms with van der Waals surface area (Å²) in [5.41, 5.74) is 1.42. The molecule has 0 atom stereocenters. The van der Waals surface area contributed by atoms with E-state index in [1.807, 2.05) is 12.4 Å². The van der Waals surface area contributed by atoms with Gasteiger partial charge in [0.25, 0.3) is 0 Å². The van der Waals surface area contributed by atoms with Crippen LogP contribution in [0.2, 0.25) is 0 Å². The van der Waals surface area contributed by atoms with Crippen molar-refractivity contribution in [2.45, 2.75) is 32.6 Å². The third-order valence-electron chi connectivity index (χ3n) is 3.37. The number of likely N-dealkylation sites (tertiary alicyclic amines) is 1. The van der Waals surface area contributed by atoms with E-state index in [4.69, 9.17) is 0 Å². The van der Waals surface area contributed by atoms with Crippen LogP contribution < -0.4 is 0 Å². The predicted molar refractivity (Wildman–Crippen MR) is 67.5 cm³/mol. The molecule has 1 aromatic rings. The molecule has 88 valence electrons. The standard InChI is InChI=1S/C14H22N2/c1-12(2)11-16-8-5-13(6-9-16)14-4-3-7-15-10-14/h3-4,7,10,12-13H,5-6,8-9,11H2,1-2H3. The summed E-state index contributed by atoms with van der Waals surface area (Å²) in [5, 5.41) is 0. The maximum Gasteiger partial charge on any atom is 0.0302 e. The molecule has 0 amide bonds. The summed E-state index contributed by atoms with van der Waals surface area (Å²) in [4.78, 5) is 6.81. The average Bonchev–Trinajstić information content (AvgIpc) is 2.30. The van der Waals surface area contributed by atoms with Gasteiger partial charge in [-0.25, -0.2) is 0 Å². The minimum absolute atomic E-state index is 0.733. The van der Waals surface area contributed by atoms with E-state index in [0.717, 1.165) is 11.8 Å². The second-order valence-electron chi connectivity index (χ2n) is 5.26. The molecule has 1 aromatic heterocycles. The van der Waals surface area contributed by atoms with E-state index in [1.165, 1.54) is 38.0 Å². The van der Waals surface area contributed by atoms with Crippen molar-refractivity contribution in [3.05, 3.63) is 30.1 Å². The number of hydrogen-bond donors (Lipinski definition) is 0. The van der Waals surface area contributed by atoms with Crippen molar-refractivity contribution in [3.63, 3.8) is 0 Å². The largest absolute Gasteiger partial charge is 0.303 e. The molecule has 1 aliphatic heterocycles. The fourth-order valence-electron chi connectivity index (χ4n) is 2.58. The highest BCUT2D eigenvalue weighted by atomic mass is 15.1. The van der Waals surface area contributed by atoms with Crippen molar-refractivity contribution < 1.29 is 0 Å². The summed E-state index contributed by atoms with van der Waals surface area (Å²) < 4.78 is 0. The molecule has 0 radical (unpaired) electrons. The first-order valence-corrected chi connectivity index (χ1v) is 6.38. The minimum atomic E-state index is 0.733. The molecular weight excluding hydrogens is 196 g/mol. The van der Waals surface area contributed by atoms with Gasteiger partial charge in [0.2, 0.25) is 0 Å². The molecule has 0 saturated carbocycles. The van der Waals surface area contributed by atoms with E-state index in [-0.39, 0.29) is 0 Å². The van der Waals surface area contributed by atoms with Crippen LogP contribution in [0.25, 0.3) is 0 Å². The van der Waals surface area contributed by atoms with E-state index < -0.39 is 0 Å². The van der Waals surface area contributed by atoms with Gasteiger partial charge in [0, 0.05) is 18.9 Å². The summed E-state index contributed by atoms with van der Waals surface area (Å²) >= 11 is 0. The summed E-state index contributed by atoms with van der Waals surface area (Å²) in [6, 6.07) is 4.27. The van der Waals surface area contributed by atoms with Gasteiger partial charge in [0.1, 0.15) is 0 Å². The molecule has 0 bridgehead atoms. The normalized spacial score (nSPS) is 19.2. The van der Waals surface area contributed by atoms with E-state index in [0.29, 0.717) is 0 Å². The second-order valence-corrected chi connectivity index (χ2v) is 5.26. The van der Waals surface area contributed by atoms with Gasteiger partial charge in [-0.3, -0.25) is 4.98 Å². The fraction of sp³-hybridized carbons (Fsp3) is 0.643. The molecule has 0 unspecified atom stereocenters. The third-order valence-corrected chi connectivity index (χ3v) is 3.37. The molecule has 0 aromatic carbocycles. The van der Waals surface area contributed by atoms with Gasteiger partial charge in [-0.15, -0.1) is 0 Å². The van der Waals surface area contributed by atoms with E-state index >= 15 is 0 Å². The van der Waals surface area contributed by atoms with Crippen molar-refractivity contribution in [1.82, 2.24) is 9.88 Å². The Morgan fingerprint density at radius 1 is 1.38 bits per heavy atom. The van der Waals surface area contributed by atoms with Gasteiger partial charge in [-0.2, -0.15) is 0 Å². The zero-order chi connectivity index (χ0) is 11.4. The topological polar surface area (TPSA) is 16.1 Å². The number of aromatic nitrogens is 1. The molecule has 1 fully saturated rings. The van der Waals surface area contributed by atoms with Crippen LogP contribution in [0.4, 0.5) is 0 Å². The van der Waals surface area contributed by atoms with E-state index in [2.05, 4.69) is 35.9 Å². The van der Waals surface area contributed by atoms with Crippen molar-refractivity contribution in [2.75, 3.05) is 19.6 Å². The number of pyridine rings is 1. The lowest BCUT2D eigenvalue weighted by atomic mass is 9.90. The Kier molecular flexibility index (Phi) is 3.94. The first kappa shape index (κ1) is 11.6. The Morgan fingerprint density at radius 2 is 2.12 bits per heavy atom. The molecule has 2 rings (SSSR count). The van der Waals surface area contributed by atoms with Crippen LogP contribution in [0, 0.1) is 5.92 Å². The predicted octanol–water partition coefficient (Wildman–Crippen LogP) is 2.92. The zero-order valence-electron chi connectivity index (χ0n) is 10.4. The molecule has 0 N–H and O–H groups in total. The van der Waals surface area contributed by atoms with Gasteiger partial charge in [0.05, 0.1) is 0 Å². The van der Waals surface area contributed by atoms with Crippen LogP contribution in [0.3, 0.4) is 0 Å². The highest BCUT2D eigenvalue weighted by Crippen LogP contribution is 2.27. The number of piperidine rings is 1. The van der Waals surface area contributed by atoms with Crippen molar-refractivity contribution in [1.29, 1.82) is 0 Å². The van der Waals surface area contributed by atoms with Crippen molar-refractivity contribution >= 4 is 0 Å². The van der Waals surface area contributed by atoms with Crippen molar-refractivity contribution in [2.24, 2.45) is 5.92 Å². The molecule has 2 heterocycles. The first-order chi connectivity index (χ1) is 7.75. The third kappa shape index (κ3) is 3.05. The van der Waals surface area contributed by atoms with Gasteiger partial charge in [0.15, 0.2) is 0 Å². The van der Waals surface area contributed by atoms with Crippen molar-refractivity contribution in [3.8, 4) is 0 Å². The van der Waals surface area contributed by atoms with E-state index in [9.17, 15) is 0 Å². The summed E-state index contributed by atoms with van der Waals surface area (Å²) in [7, 11) is 0. The lowest BCUT2D eigenvalue weighted by molar-refractivity contribution is 0.192. The highest BCUT2D eigenvalue weighted by Gasteiger charge is 2.20. The molecule has 0 aliphatic carbocycles. The Balaban J connectivity index is 1.86. The molecule has 0 spiro atoms. The van der Waals surface area contributed by atoms with Gasteiger partial charge in [-0.1, -0.05) is 19.9 Å². The monoisotopic (exact) mass is 218 g/mol. The number of rotatable bonds is 3. The van der Waals surface area contributed by atoms with E-state index in [1.54, 1.807) is 0 Å². The molecular formula is C14H22N2. The summed E-state index contributed by atoms with van der Waals surface area (Å²) in [5.74, 6) is 1.52. The lowest BCUT2D eigenvalue weighted by Crippen LogP contribution is -2.35. The summed E-state index contributed by atoms with van der Waals surface area (Å²) in [6.45, 7) is 8.34. The molecule has 16 heavy (non-hydrogen) atoms. The quantitative estimate of drug-likeness (QED) is 0.775. The summed E-state index contributed by atoms with van der Waals surface area (Å²) in [6.07, 6.45) is 6.47. The smallest absolute Gasteiger partial charge is 0.0302 e. The van der Waals surface area contributed by atoms with Crippen LogP contribution in [0.1, 0.15) is 38.2 Å². The van der Waals surface area contributed by atoms with Crippen LogP contribution >= 0.6 is 0 Å². The number of hydrogen-bond acceptors (Lipinski definition) is 2. The van der Waals surface area contributed by atoms with Crippen LogP contribution in [0.15, 0.2) is 24.5 Å². The Labute approximate surface area is 98.7 Å². The molecule has 2 heteroatoms. The van der Waals surface area contributed by atoms with Crippen LogP contribution in [-0.2, 0) is 0 Å². The minimum Gasteiger partial charge on any atom is -0.303 e. The lowest BCUT2D eigenvalue weighted by Gasteiger charge is -2.33. The first-order valence-electron chi connectivity index (χ1n) is 6.38. The highest BCUT2D eigenvalue weighted by molar-refractivity contribution is 5.15. The Bertz CT molecular complexity index is 300. The Morgan fingerprint density at radius 3 is 2.69 bits per heavy atom. The number of nitrogens with zero attached hydrogens (tertiary/aromatic N) is 2. The zero-order valence-corrected chi connectivity index (χ0v) is 10.4. The molecule has 1 saturated heterocycles. The van der Waals surface area contributed by atoms with Gasteiger partial charge in [-0.05, 0) is 49.4 Å². The van der Waals surface area contributed by atoms with Gasteiger partial charge < -0.3 is 4.90 Å². The second kappa shape index (κ2) is 5.44. The fourth-order valence-corrected chi connectivity index (χ4v) is 2.58. The Hall–Kier alpha value is -0.890. The average molecular weight is 218 g/mol. The maximum absolute atomic E-state index is 4.21. The molecule has 1 aliphatic rings. The van der Waals surface area contributed by atoms with Gasteiger partial charge >= 0.3 is 0 Å². The van der Waals surface area contributed by atoms with Crippen LogP contribution in [-0.4, -0.2) is 29.5 Å². The van der Waals surface area contributed by atoms with Crippen LogP contribution in [0.5, 0.6) is 0 Å². The molecule has 2 nitrogen and oxygen atoms in total.